The van der Waals surface area contributed by atoms with E-state index < -0.39 is 44.5 Å². The molecule has 1 amide bonds. The number of rotatable bonds is 5. The van der Waals surface area contributed by atoms with E-state index in [4.69, 9.17) is 0 Å². The Bertz CT molecular complexity index is 895. The zero-order valence-corrected chi connectivity index (χ0v) is 15.9. The predicted octanol–water partition coefficient (Wildman–Crippen LogP) is 6.60. The van der Waals surface area contributed by atoms with Crippen molar-refractivity contribution in [1.29, 1.82) is 0 Å². The molecule has 28 heavy (non-hydrogen) atoms. The molecule has 0 spiro atoms. The van der Waals surface area contributed by atoms with E-state index in [2.05, 4.69) is 0 Å². The molecule has 0 bridgehead atoms. The van der Waals surface area contributed by atoms with Gasteiger partial charge in [-0.15, -0.1) is 0 Å². The van der Waals surface area contributed by atoms with Gasteiger partial charge in [-0.2, -0.15) is 0 Å². The van der Waals surface area contributed by atoms with Crippen LogP contribution in [0.4, 0.5) is 28.2 Å². The normalized spacial score (nSPS) is 16.6. The van der Waals surface area contributed by atoms with Crippen molar-refractivity contribution in [2.75, 3.05) is 14.1 Å². The summed E-state index contributed by atoms with van der Waals surface area (Å²) in [7, 11) is -7.10. The number of hydrogen-bond donors (Lipinski definition) is 0. The van der Waals surface area contributed by atoms with Gasteiger partial charge in [0.05, 0.1) is 5.92 Å². The lowest BCUT2D eigenvalue weighted by Gasteiger charge is -2.40. The Morgan fingerprint density at radius 1 is 0.929 bits per heavy atom. The number of likely N-dealkylation sites (N-methyl/N-ethyl adjacent to an activating group) is 1. The number of amides is 1. The minimum absolute atomic E-state index is 0.0274. The Kier molecular flexibility index (Phi) is 5.04. The van der Waals surface area contributed by atoms with Gasteiger partial charge in [-0.25, -0.2) is 8.78 Å². The molecule has 0 fully saturated rings. The Balaban J connectivity index is 2.56. The van der Waals surface area contributed by atoms with E-state index >= 15 is 0 Å². The van der Waals surface area contributed by atoms with E-state index in [1.807, 2.05) is 0 Å². The second-order valence-corrected chi connectivity index (χ2v) is 9.11. The average Bonchev–Trinajstić information content (AvgIpc) is 2.55. The summed E-state index contributed by atoms with van der Waals surface area (Å²) in [4.78, 5) is 11.7. The minimum atomic E-state index is -9.86. The van der Waals surface area contributed by atoms with Gasteiger partial charge >= 0.3 is 10.2 Å². The first-order chi connectivity index (χ1) is 12.5. The summed E-state index contributed by atoms with van der Waals surface area (Å²) < 4.78 is 92.3. The molecule has 0 unspecified atom stereocenters. The monoisotopic (exact) mass is 429 g/mol. The van der Waals surface area contributed by atoms with Crippen LogP contribution in [0.5, 0.6) is 0 Å². The van der Waals surface area contributed by atoms with Gasteiger partial charge in [-0.05, 0) is 47.4 Å². The van der Waals surface area contributed by atoms with Gasteiger partial charge in [0, 0.05) is 14.1 Å². The molecular formula is C18H18F7NOS. The second kappa shape index (κ2) is 6.40. The molecular weight excluding hydrogens is 411 g/mol. The SMILES string of the molecule is C[C@@H](c1cc(F)ccc1F)[C@H](C(=O)N(C)C)c1ccc(S(F)(F)(F)(F)F)cc1. The van der Waals surface area contributed by atoms with Crippen LogP contribution in [0.15, 0.2) is 47.4 Å². The van der Waals surface area contributed by atoms with Crippen molar-refractivity contribution >= 4 is 16.1 Å². The third kappa shape index (κ3) is 4.78. The number of nitrogens with zero attached hydrogens (tertiary/aromatic N) is 1. The molecule has 2 aromatic carbocycles. The predicted molar refractivity (Wildman–Crippen MR) is 94.0 cm³/mol. The van der Waals surface area contributed by atoms with Crippen LogP contribution in [0.3, 0.4) is 0 Å². The third-order valence-corrected chi connectivity index (χ3v) is 5.50. The van der Waals surface area contributed by atoms with Crippen LogP contribution >= 0.6 is 10.2 Å². The second-order valence-electron chi connectivity index (χ2n) is 6.70. The molecule has 0 saturated heterocycles. The van der Waals surface area contributed by atoms with Crippen LogP contribution in [0.2, 0.25) is 0 Å². The highest BCUT2D eigenvalue weighted by Gasteiger charge is 2.65. The van der Waals surface area contributed by atoms with E-state index in [1.54, 1.807) is 0 Å². The first-order valence-corrected chi connectivity index (χ1v) is 9.96. The van der Waals surface area contributed by atoms with E-state index in [-0.39, 0.29) is 23.3 Å². The Morgan fingerprint density at radius 3 is 1.93 bits per heavy atom. The molecule has 2 nitrogen and oxygen atoms in total. The quantitative estimate of drug-likeness (QED) is 0.491. The van der Waals surface area contributed by atoms with Crippen molar-refractivity contribution in [2.45, 2.75) is 23.7 Å². The highest BCUT2D eigenvalue weighted by Crippen LogP contribution is 3.02. The van der Waals surface area contributed by atoms with Crippen molar-refractivity contribution < 1.29 is 33.0 Å². The van der Waals surface area contributed by atoms with Crippen LogP contribution in [-0.2, 0) is 4.79 Å². The number of carbonyl (C=O) groups excluding carboxylic acids is 1. The van der Waals surface area contributed by atoms with Crippen LogP contribution in [0, 0.1) is 11.6 Å². The zero-order valence-electron chi connectivity index (χ0n) is 15.1. The summed E-state index contributed by atoms with van der Waals surface area (Å²) >= 11 is 0. The summed E-state index contributed by atoms with van der Waals surface area (Å²) in [5.41, 5.74) is -0.183. The average molecular weight is 429 g/mol. The molecule has 0 aliphatic carbocycles. The summed E-state index contributed by atoms with van der Waals surface area (Å²) in [5.74, 6) is -4.34. The molecule has 0 aliphatic heterocycles. The molecule has 2 atom stereocenters. The van der Waals surface area contributed by atoms with Crippen molar-refractivity contribution in [3.05, 3.63) is 65.2 Å². The molecule has 0 radical (unpaired) electrons. The molecule has 10 heteroatoms. The van der Waals surface area contributed by atoms with Crippen molar-refractivity contribution in [3.8, 4) is 0 Å². The summed E-state index contributed by atoms with van der Waals surface area (Å²) in [6, 6.07) is 4.55. The number of benzene rings is 2. The van der Waals surface area contributed by atoms with Gasteiger partial charge in [0.2, 0.25) is 5.91 Å². The molecule has 2 aromatic rings. The van der Waals surface area contributed by atoms with Crippen LogP contribution in [0.1, 0.15) is 29.9 Å². The maximum Gasteiger partial charge on any atom is 0.310 e. The Hall–Kier alpha value is -2.23. The van der Waals surface area contributed by atoms with Gasteiger partial charge in [0.1, 0.15) is 16.5 Å². The maximum absolute atomic E-state index is 14.1. The van der Waals surface area contributed by atoms with Crippen molar-refractivity contribution in [1.82, 2.24) is 4.90 Å². The lowest BCUT2D eigenvalue weighted by molar-refractivity contribution is -0.130. The van der Waals surface area contributed by atoms with Gasteiger partial charge in [-0.3, -0.25) is 4.79 Å². The van der Waals surface area contributed by atoms with Crippen LogP contribution in [0.25, 0.3) is 0 Å². The third-order valence-electron chi connectivity index (χ3n) is 4.34. The molecule has 2 rings (SSSR count). The lowest BCUT2D eigenvalue weighted by Crippen LogP contribution is -2.31. The summed E-state index contributed by atoms with van der Waals surface area (Å²) in [6.45, 7) is 1.41. The molecule has 0 N–H and O–H groups in total. The highest BCUT2D eigenvalue weighted by molar-refractivity contribution is 8.45. The smallest absolute Gasteiger partial charge is 0.310 e. The first kappa shape index (κ1) is 22.1. The van der Waals surface area contributed by atoms with E-state index in [9.17, 15) is 33.0 Å². The van der Waals surface area contributed by atoms with Crippen molar-refractivity contribution in [3.63, 3.8) is 0 Å². The van der Waals surface area contributed by atoms with Crippen molar-refractivity contribution in [2.24, 2.45) is 0 Å². The molecule has 156 valence electrons. The number of halogens is 7. The lowest BCUT2D eigenvalue weighted by atomic mass is 9.81. The van der Waals surface area contributed by atoms with Gasteiger partial charge in [0.25, 0.3) is 0 Å². The molecule has 0 heterocycles. The first-order valence-electron chi connectivity index (χ1n) is 8.01. The molecule has 0 aromatic heterocycles. The number of hydrogen-bond acceptors (Lipinski definition) is 1. The molecule has 0 saturated carbocycles. The minimum Gasteiger partial charge on any atom is -0.348 e. The standard InChI is InChI=1S/C18H18F7NOS/c1-11(15-10-13(19)6-9-16(15)20)17(18(27)26(2)3)12-4-7-14(8-5-12)28(21,22,23,24)25/h4-11,17H,1-3H3/t11-,17-/m0/s1. The van der Waals surface area contributed by atoms with Gasteiger partial charge < -0.3 is 4.90 Å². The largest absolute Gasteiger partial charge is 0.348 e. The zero-order chi connectivity index (χ0) is 21.6. The van der Waals surface area contributed by atoms with Gasteiger partial charge in [0.15, 0.2) is 0 Å². The molecule has 0 aliphatic rings. The van der Waals surface area contributed by atoms with E-state index in [1.165, 1.54) is 21.0 Å². The van der Waals surface area contributed by atoms with E-state index in [0.29, 0.717) is 0 Å². The highest BCUT2D eigenvalue weighted by atomic mass is 32.5. The number of carbonyl (C=O) groups is 1. The summed E-state index contributed by atoms with van der Waals surface area (Å²) in [5, 5.41) is 0. The topological polar surface area (TPSA) is 20.3 Å². The van der Waals surface area contributed by atoms with Crippen LogP contribution in [-0.4, -0.2) is 24.9 Å². The fourth-order valence-corrected chi connectivity index (χ4v) is 3.55. The fourth-order valence-electron chi connectivity index (χ4n) is 2.90. The Morgan fingerprint density at radius 2 is 1.46 bits per heavy atom. The van der Waals surface area contributed by atoms with Gasteiger partial charge in [-0.1, -0.05) is 38.5 Å². The fraction of sp³-hybridized carbons (Fsp3) is 0.278. The summed E-state index contributed by atoms with van der Waals surface area (Å²) in [6.07, 6.45) is 0. The Labute approximate surface area is 157 Å². The van der Waals surface area contributed by atoms with E-state index in [0.717, 1.165) is 35.2 Å². The maximum atomic E-state index is 14.1. The van der Waals surface area contributed by atoms with Crippen LogP contribution < -0.4 is 0 Å².